The summed E-state index contributed by atoms with van der Waals surface area (Å²) in [4.78, 5) is 12.2. The van der Waals surface area contributed by atoms with Crippen LogP contribution in [0, 0.1) is 0 Å². The summed E-state index contributed by atoms with van der Waals surface area (Å²) in [5.41, 5.74) is 3.32. The lowest BCUT2D eigenvalue weighted by molar-refractivity contribution is 0.241. The Morgan fingerprint density at radius 1 is 1.25 bits per heavy atom. The first-order valence-electron chi connectivity index (χ1n) is 9.20. The Morgan fingerprint density at radius 2 is 2.21 bits per heavy atom. The number of alkyl halides is 1. The summed E-state index contributed by atoms with van der Waals surface area (Å²) in [5.74, 6) is 1.35. The van der Waals surface area contributed by atoms with Crippen molar-refractivity contribution >= 4 is 11.5 Å². The van der Waals surface area contributed by atoms with E-state index in [1.54, 1.807) is 12.5 Å². The SMILES string of the molecule is F[C@H]1CCNC[C@@H]1Nc1cccc(-c2cnc3cc(-c4nnc[nH]4)ccn23)n1. The third-order valence-corrected chi connectivity index (χ3v) is 4.95. The number of anilines is 1. The third kappa shape index (κ3) is 3.09. The van der Waals surface area contributed by atoms with Gasteiger partial charge in [0.05, 0.1) is 23.6 Å². The number of H-pyrrole nitrogens is 1. The molecule has 4 aromatic rings. The number of rotatable bonds is 4. The topological polar surface area (TPSA) is 95.8 Å². The first-order chi connectivity index (χ1) is 13.8. The molecule has 3 N–H and O–H groups in total. The molecule has 0 saturated carbocycles. The van der Waals surface area contributed by atoms with Gasteiger partial charge in [-0.2, -0.15) is 0 Å². The smallest absolute Gasteiger partial charge is 0.161 e. The molecule has 9 heteroatoms. The molecule has 0 unspecified atom stereocenters. The number of imidazole rings is 1. The van der Waals surface area contributed by atoms with E-state index >= 15 is 0 Å². The normalized spacial score (nSPS) is 19.8. The minimum absolute atomic E-state index is 0.275. The summed E-state index contributed by atoms with van der Waals surface area (Å²) >= 11 is 0. The first-order valence-corrected chi connectivity index (χ1v) is 9.20. The molecule has 0 amide bonds. The molecule has 1 aliphatic rings. The van der Waals surface area contributed by atoms with Crippen molar-refractivity contribution in [3.8, 4) is 22.8 Å². The largest absolute Gasteiger partial charge is 0.363 e. The van der Waals surface area contributed by atoms with E-state index in [1.807, 2.05) is 40.9 Å². The maximum atomic E-state index is 14.1. The van der Waals surface area contributed by atoms with Crippen molar-refractivity contribution in [3.05, 3.63) is 49.1 Å². The molecule has 0 aromatic carbocycles. The zero-order valence-corrected chi connectivity index (χ0v) is 15.0. The summed E-state index contributed by atoms with van der Waals surface area (Å²) in [7, 11) is 0. The molecular formula is C19H19FN8. The predicted molar refractivity (Wildman–Crippen MR) is 104 cm³/mol. The van der Waals surface area contributed by atoms with Gasteiger partial charge in [0.15, 0.2) is 5.82 Å². The Morgan fingerprint density at radius 3 is 3.07 bits per heavy atom. The maximum Gasteiger partial charge on any atom is 0.161 e. The molecule has 8 nitrogen and oxygen atoms in total. The summed E-state index contributed by atoms with van der Waals surface area (Å²) in [6.07, 6.45) is 4.89. The molecule has 0 spiro atoms. The Hall–Kier alpha value is -3.33. The van der Waals surface area contributed by atoms with E-state index in [0.29, 0.717) is 31.2 Å². The van der Waals surface area contributed by atoms with E-state index in [1.165, 1.54) is 0 Å². The number of aromatic amines is 1. The van der Waals surface area contributed by atoms with Gasteiger partial charge in [-0.3, -0.25) is 4.40 Å². The van der Waals surface area contributed by atoms with Crippen LogP contribution < -0.4 is 10.6 Å². The van der Waals surface area contributed by atoms with Crippen molar-refractivity contribution in [3.63, 3.8) is 0 Å². The Balaban J connectivity index is 1.45. The Kier molecular flexibility index (Phi) is 4.21. The molecular weight excluding hydrogens is 359 g/mol. The zero-order valence-electron chi connectivity index (χ0n) is 15.0. The maximum absolute atomic E-state index is 14.1. The van der Waals surface area contributed by atoms with E-state index in [4.69, 9.17) is 0 Å². The highest BCUT2D eigenvalue weighted by Crippen LogP contribution is 2.24. The second kappa shape index (κ2) is 7.01. The molecule has 4 aromatic heterocycles. The zero-order chi connectivity index (χ0) is 18.9. The van der Waals surface area contributed by atoms with Crippen LogP contribution in [0.5, 0.6) is 0 Å². The minimum Gasteiger partial charge on any atom is -0.363 e. The molecule has 0 bridgehead atoms. The Bertz CT molecular complexity index is 1090. The van der Waals surface area contributed by atoms with Crippen molar-refractivity contribution in [1.29, 1.82) is 0 Å². The van der Waals surface area contributed by atoms with Crippen molar-refractivity contribution in [2.45, 2.75) is 18.6 Å². The number of hydrogen-bond acceptors (Lipinski definition) is 6. The van der Waals surface area contributed by atoms with Crippen LogP contribution in [0.25, 0.3) is 28.4 Å². The van der Waals surface area contributed by atoms with Gasteiger partial charge in [-0.1, -0.05) is 6.07 Å². The molecule has 2 atom stereocenters. The number of aromatic nitrogens is 6. The third-order valence-electron chi connectivity index (χ3n) is 4.95. The average Bonchev–Trinajstić information content (AvgIpc) is 3.39. The molecule has 0 aliphatic carbocycles. The highest BCUT2D eigenvalue weighted by molar-refractivity contribution is 5.66. The van der Waals surface area contributed by atoms with Crippen LogP contribution in [0.4, 0.5) is 10.2 Å². The first kappa shape index (κ1) is 16.8. The van der Waals surface area contributed by atoms with Crippen LogP contribution in [0.15, 0.2) is 49.1 Å². The fourth-order valence-corrected chi connectivity index (χ4v) is 3.48. The van der Waals surface area contributed by atoms with Crippen LogP contribution in [0.2, 0.25) is 0 Å². The van der Waals surface area contributed by atoms with E-state index in [9.17, 15) is 4.39 Å². The van der Waals surface area contributed by atoms with Gasteiger partial charge in [0.1, 0.15) is 24.0 Å². The number of fused-ring (bicyclic) bond motifs is 1. The van der Waals surface area contributed by atoms with Gasteiger partial charge in [0.25, 0.3) is 0 Å². The van der Waals surface area contributed by atoms with E-state index < -0.39 is 6.17 Å². The number of hydrogen-bond donors (Lipinski definition) is 3. The standard InChI is InChI=1S/C19H19FN8/c20-13-4-6-21-9-15(13)26-17-3-1-2-14(25-17)16-10-22-18-8-12(5-7-28(16)18)19-23-11-24-27-19/h1-3,5,7-8,10-11,13,15,21H,4,6,9H2,(H,25,26)(H,23,24,27)/t13-,15-/m0/s1. The number of halogens is 1. The predicted octanol–water partition coefficient (Wildman–Crippen LogP) is 2.29. The molecule has 1 saturated heterocycles. The number of pyridine rings is 2. The van der Waals surface area contributed by atoms with Gasteiger partial charge in [0, 0.05) is 18.3 Å². The van der Waals surface area contributed by atoms with E-state index in [-0.39, 0.29) is 6.04 Å². The highest BCUT2D eigenvalue weighted by Gasteiger charge is 2.24. The number of nitrogens with zero attached hydrogens (tertiary/aromatic N) is 5. The molecule has 142 valence electrons. The summed E-state index contributed by atoms with van der Waals surface area (Å²) in [5, 5.41) is 14.3. The van der Waals surface area contributed by atoms with Crippen LogP contribution >= 0.6 is 0 Å². The van der Waals surface area contributed by atoms with Gasteiger partial charge < -0.3 is 15.6 Å². The van der Waals surface area contributed by atoms with Crippen molar-refractivity contribution in [2.24, 2.45) is 0 Å². The van der Waals surface area contributed by atoms with E-state index in [0.717, 1.165) is 22.6 Å². The summed E-state index contributed by atoms with van der Waals surface area (Å²) in [6.45, 7) is 1.30. The van der Waals surface area contributed by atoms with Crippen molar-refractivity contribution < 1.29 is 4.39 Å². The van der Waals surface area contributed by atoms with Crippen LogP contribution in [0.1, 0.15) is 6.42 Å². The lowest BCUT2D eigenvalue weighted by Crippen LogP contribution is -2.46. The summed E-state index contributed by atoms with van der Waals surface area (Å²) < 4.78 is 16.1. The minimum atomic E-state index is -0.878. The fraction of sp³-hybridized carbons (Fsp3) is 0.263. The van der Waals surface area contributed by atoms with Gasteiger partial charge in [0.2, 0.25) is 0 Å². The van der Waals surface area contributed by atoms with Crippen molar-refractivity contribution in [1.82, 2.24) is 34.9 Å². The van der Waals surface area contributed by atoms with Crippen LogP contribution in [-0.4, -0.2) is 54.9 Å². The fourth-order valence-electron chi connectivity index (χ4n) is 3.48. The van der Waals surface area contributed by atoms with Gasteiger partial charge >= 0.3 is 0 Å². The van der Waals surface area contributed by atoms with Crippen LogP contribution in [0.3, 0.4) is 0 Å². The van der Waals surface area contributed by atoms with Gasteiger partial charge in [-0.15, -0.1) is 10.2 Å². The number of nitrogens with one attached hydrogen (secondary N) is 3. The van der Waals surface area contributed by atoms with Crippen molar-refractivity contribution in [2.75, 3.05) is 18.4 Å². The number of piperidine rings is 1. The highest BCUT2D eigenvalue weighted by atomic mass is 19.1. The molecule has 1 aliphatic heterocycles. The quantitative estimate of drug-likeness (QED) is 0.504. The molecule has 5 rings (SSSR count). The Labute approximate surface area is 160 Å². The van der Waals surface area contributed by atoms with Crippen LogP contribution in [-0.2, 0) is 0 Å². The van der Waals surface area contributed by atoms with Gasteiger partial charge in [-0.05, 0) is 37.2 Å². The molecule has 0 radical (unpaired) electrons. The lowest BCUT2D eigenvalue weighted by atomic mass is 10.1. The molecule has 1 fully saturated rings. The lowest BCUT2D eigenvalue weighted by Gasteiger charge is -2.28. The average molecular weight is 378 g/mol. The van der Waals surface area contributed by atoms with E-state index in [2.05, 4.69) is 35.8 Å². The monoisotopic (exact) mass is 378 g/mol. The second-order valence-electron chi connectivity index (χ2n) is 6.79. The molecule has 28 heavy (non-hydrogen) atoms. The van der Waals surface area contributed by atoms with Gasteiger partial charge in [-0.25, -0.2) is 14.4 Å². The molecule has 5 heterocycles. The summed E-state index contributed by atoms with van der Waals surface area (Å²) in [6, 6.07) is 9.30. The second-order valence-corrected chi connectivity index (χ2v) is 6.79.